The van der Waals surface area contributed by atoms with E-state index in [-0.39, 0.29) is 35.7 Å². The molecule has 3 atom stereocenters. The average Bonchev–Trinajstić information content (AvgIpc) is 3.87. The Bertz CT molecular complexity index is 2360. The molecule has 4 N–H and O–H groups in total. The predicted molar refractivity (Wildman–Crippen MR) is 229 cm³/mol. The molecule has 5 aliphatic rings. The SMILES string of the molecule is CN1CCN([C@@H]2CCCN(c3cnc(C(N)=O)c(Nc4ccc(N5CCN(C[C@H]6CCN(c7ccc8c(=O)n(C9CCC(=O)NC9=O)ccc8c7)C6)CC5)cc4)n3)C2)C1=O. The number of pyridine rings is 1. The number of primary amides is 1. The lowest BCUT2D eigenvalue weighted by Gasteiger charge is -2.37. The molecule has 0 radical (unpaired) electrons. The summed E-state index contributed by atoms with van der Waals surface area (Å²) >= 11 is 0. The first-order chi connectivity index (χ1) is 29.1. The Kier molecular flexibility index (Phi) is 10.7. The Labute approximate surface area is 348 Å². The molecular formula is C43H52N12O5. The summed E-state index contributed by atoms with van der Waals surface area (Å²) in [5.41, 5.74) is 8.57. The molecule has 5 saturated heterocycles. The van der Waals surface area contributed by atoms with Gasteiger partial charge < -0.3 is 40.1 Å². The number of carbonyl (C=O) groups excluding carboxylic acids is 4. The molecule has 0 spiro atoms. The zero-order valence-corrected chi connectivity index (χ0v) is 34.0. The molecule has 1 unspecified atom stereocenters. The molecule has 4 aromatic rings. The van der Waals surface area contributed by atoms with Crippen molar-refractivity contribution >= 4 is 63.2 Å². The van der Waals surface area contributed by atoms with Crippen molar-refractivity contribution in [2.45, 2.75) is 44.2 Å². The molecule has 2 aromatic carbocycles. The van der Waals surface area contributed by atoms with Gasteiger partial charge in [0.1, 0.15) is 11.9 Å². The van der Waals surface area contributed by atoms with Crippen LogP contribution >= 0.6 is 0 Å². The second kappa shape index (κ2) is 16.4. The van der Waals surface area contributed by atoms with E-state index in [1.807, 2.05) is 42.3 Å². The van der Waals surface area contributed by atoms with Gasteiger partial charge in [-0.25, -0.2) is 14.8 Å². The van der Waals surface area contributed by atoms with Crippen LogP contribution in [0.1, 0.15) is 48.6 Å². The topological polar surface area (TPSA) is 186 Å². The van der Waals surface area contributed by atoms with Crippen LogP contribution in [0, 0.1) is 5.92 Å². The van der Waals surface area contributed by atoms with E-state index in [4.69, 9.17) is 10.7 Å². The highest BCUT2D eigenvalue weighted by Crippen LogP contribution is 2.30. The number of urea groups is 1. The number of aromatic nitrogens is 3. The average molecular weight is 817 g/mol. The van der Waals surface area contributed by atoms with Crippen LogP contribution in [0.4, 0.5) is 33.5 Å². The monoisotopic (exact) mass is 816 g/mol. The highest BCUT2D eigenvalue weighted by molar-refractivity contribution is 5.99. The third-order valence-corrected chi connectivity index (χ3v) is 12.9. The van der Waals surface area contributed by atoms with E-state index in [0.29, 0.717) is 35.9 Å². The van der Waals surface area contributed by atoms with Crippen molar-refractivity contribution in [3.63, 3.8) is 0 Å². The largest absolute Gasteiger partial charge is 0.371 e. The summed E-state index contributed by atoms with van der Waals surface area (Å²) in [5, 5.41) is 7.05. The van der Waals surface area contributed by atoms with Crippen LogP contribution in [0.5, 0.6) is 0 Å². The number of nitrogens with zero attached hydrogens (tertiary/aromatic N) is 9. The van der Waals surface area contributed by atoms with E-state index in [9.17, 15) is 24.0 Å². The molecule has 0 aliphatic carbocycles. The van der Waals surface area contributed by atoms with Crippen LogP contribution in [-0.2, 0) is 9.59 Å². The van der Waals surface area contributed by atoms with E-state index in [0.717, 1.165) is 107 Å². The summed E-state index contributed by atoms with van der Waals surface area (Å²) < 4.78 is 1.45. The zero-order valence-electron chi connectivity index (χ0n) is 34.0. The van der Waals surface area contributed by atoms with Crippen molar-refractivity contribution in [3.05, 3.63) is 77.0 Å². The summed E-state index contributed by atoms with van der Waals surface area (Å²) in [7, 11) is 1.83. The quantitative estimate of drug-likeness (QED) is 0.199. The molecule has 0 saturated carbocycles. The molecule has 17 nitrogen and oxygen atoms in total. The molecule has 17 heteroatoms. The third kappa shape index (κ3) is 7.92. The van der Waals surface area contributed by atoms with Crippen LogP contribution in [0.15, 0.2) is 65.7 Å². The molecule has 314 valence electrons. The molecular weight excluding hydrogens is 765 g/mol. The molecule has 9 rings (SSSR count). The summed E-state index contributed by atoms with van der Waals surface area (Å²) in [6.07, 6.45) is 6.77. The van der Waals surface area contributed by atoms with Crippen molar-refractivity contribution < 1.29 is 19.2 Å². The summed E-state index contributed by atoms with van der Waals surface area (Å²) in [6, 6.07) is 15.4. The Morgan fingerprint density at radius 2 is 1.65 bits per heavy atom. The van der Waals surface area contributed by atoms with Crippen LogP contribution in [-0.4, -0.2) is 138 Å². The summed E-state index contributed by atoms with van der Waals surface area (Å²) in [5.74, 6) is 0.101. The van der Waals surface area contributed by atoms with Crippen molar-refractivity contribution in [1.82, 2.24) is 34.6 Å². The van der Waals surface area contributed by atoms with Crippen molar-refractivity contribution in [2.75, 3.05) is 99.1 Å². The fourth-order valence-corrected chi connectivity index (χ4v) is 9.53. The van der Waals surface area contributed by atoms with Gasteiger partial charge in [-0.15, -0.1) is 0 Å². The fourth-order valence-electron chi connectivity index (χ4n) is 9.53. The molecule has 0 bridgehead atoms. The number of likely N-dealkylation sites (N-methyl/N-ethyl adjacent to an activating group) is 1. The van der Waals surface area contributed by atoms with Crippen LogP contribution < -0.4 is 36.6 Å². The van der Waals surface area contributed by atoms with Crippen molar-refractivity contribution in [3.8, 4) is 0 Å². The van der Waals surface area contributed by atoms with Crippen molar-refractivity contribution in [1.29, 1.82) is 0 Å². The summed E-state index contributed by atoms with van der Waals surface area (Å²) in [6.45, 7) is 9.60. The second-order valence-electron chi connectivity index (χ2n) is 16.8. The van der Waals surface area contributed by atoms with Gasteiger partial charge in [-0.3, -0.25) is 29.4 Å². The maximum Gasteiger partial charge on any atom is 0.320 e. The van der Waals surface area contributed by atoms with Gasteiger partial charge in [0.2, 0.25) is 11.8 Å². The number of imide groups is 1. The number of hydrogen-bond donors (Lipinski definition) is 3. The van der Waals surface area contributed by atoms with Crippen LogP contribution in [0.25, 0.3) is 10.8 Å². The van der Waals surface area contributed by atoms with E-state index < -0.39 is 17.9 Å². The minimum absolute atomic E-state index is 0.0638. The van der Waals surface area contributed by atoms with Gasteiger partial charge in [0.15, 0.2) is 11.5 Å². The fraction of sp³-hybridized carbons (Fsp3) is 0.465. The minimum atomic E-state index is -0.675. The van der Waals surface area contributed by atoms with Gasteiger partial charge >= 0.3 is 6.03 Å². The Morgan fingerprint density at radius 1 is 0.850 bits per heavy atom. The molecule has 5 aliphatic heterocycles. The Morgan fingerprint density at radius 3 is 2.40 bits per heavy atom. The van der Waals surface area contributed by atoms with Gasteiger partial charge in [0.05, 0.1) is 12.2 Å². The van der Waals surface area contributed by atoms with Gasteiger partial charge in [0.25, 0.3) is 11.5 Å². The predicted octanol–water partition coefficient (Wildman–Crippen LogP) is 2.60. The molecule has 5 amide bonds. The molecule has 2 aromatic heterocycles. The van der Waals surface area contributed by atoms with Crippen LogP contribution in [0.3, 0.4) is 0 Å². The van der Waals surface area contributed by atoms with Gasteiger partial charge in [0, 0.05) is 114 Å². The lowest BCUT2D eigenvalue weighted by Crippen LogP contribution is -2.49. The first kappa shape index (κ1) is 39.2. The number of hydrogen-bond acceptors (Lipinski definition) is 12. The lowest BCUT2D eigenvalue weighted by molar-refractivity contribution is -0.135. The van der Waals surface area contributed by atoms with Gasteiger partial charge in [-0.1, -0.05) is 0 Å². The molecule has 7 heterocycles. The number of anilines is 5. The highest BCUT2D eigenvalue weighted by atomic mass is 16.2. The van der Waals surface area contributed by atoms with Crippen molar-refractivity contribution in [2.24, 2.45) is 11.7 Å². The summed E-state index contributed by atoms with van der Waals surface area (Å²) in [4.78, 5) is 84.8. The number of piperidine rings is 2. The smallest absolute Gasteiger partial charge is 0.320 e. The molecule has 5 fully saturated rings. The normalized spacial score (nSPS) is 22.9. The lowest BCUT2D eigenvalue weighted by atomic mass is 10.0. The van der Waals surface area contributed by atoms with Gasteiger partial charge in [-0.2, -0.15) is 0 Å². The number of rotatable bonds is 10. The first-order valence-corrected chi connectivity index (χ1v) is 21.1. The number of nitrogens with one attached hydrogen (secondary N) is 2. The maximum absolute atomic E-state index is 13.3. The maximum atomic E-state index is 13.3. The van der Waals surface area contributed by atoms with Crippen LogP contribution in [0.2, 0.25) is 0 Å². The van der Waals surface area contributed by atoms with E-state index >= 15 is 0 Å². The standard InChI is InChI=1S/C43H52N12O5/c1-49-17-22-54(43(49)60)33-3-2-14-53(27-33)36-24-45-38(39(44)57)40(47-36)46-30-4-6-31(7-5-30)51-20-18-50(19-21-51)25-28-12-15-52(26-28)32-8-9-34-29(23-32)13-16-55(42(34)59)35-10-11-37(56)48-41(35)58/h4-9,13,16,23-24,28,33,35H,2-3,10-12,14-15,17-22,25-27H2,1H3,(H2,44,57)(H,46,47)(H,48,56,58)/t28-,33-,35?/m1/s1. The van der Waals surface area contributed by atoms with E-state index in [1.54, 1.807) is 17.3 Å². The number of carbonyl (C=O) groups is 4. The first-order valence-electron chi connectivity index (χ1n) is 21.1. The Balaban J connectivity index is 0.774. The highest BCUT2D eigenvalue weighted by Gasteiger charge is 2.35. The van der Waals surface area contributed by atoms with E-state index in [2.05, 4.69) is 53.4 Å². The number of piperazine rings is 1. The number of fused-ring (bicyclic) bond motifs is 1. The minimum Gasteiger partial charge on any atom is -0.371 e. The third-order valence-electron chi connectivity index (χ3n) is 12.9. The Hall–Kier alpha value is -6.23. The number of benzene rings is 2. The number of nitrogens with two attached hydrogens (primary N) is 1. The zero-order chi connectivity index (χ0) is 41.5. The van der Waals surface area contributed by atoms with Gasteiger partial charge in [-0.05, 0) is 85.5 Å². The second-order valence-corrected chi connectivity index (χ2v) is 16.8. The van der Waals surface area contributed by atoms with E-state index in [1.165, 1.54) is 4.57 Å². The number of amides is 5. The molecule has 60 heavy (non-hydrogen) atoms.